The maximum Gasteiger partial charge on any atom is 0.498 e. The van der Waals surface area contributed by atoms with Gasteiger partial charge in [-0.1, -0.05) is 12.1 Å². The number of benzene rings is 1. The Morgan fingerprint density at radius 1 is 1.16 bits per heavy atom. The molecule has 0 aliphatic carbocycles. The van der Waals surface area contributed by atoms with Gasteiger partial charge in [0.2, 0.25) is 5.91 Å². The molecule has 0 atom stereocenters. The first-order chi connectivity index (χ1) is 11.7. The van der Waals surface area contributed by atoms with Crippen LogP contribution >= 0.6 is 0 Å². The molecular weight excluding hydrogens is 321 g/mol. The standard InChI is InChI=1S/C18H28BNO5/c1-17(2)18(3,4)25-19(24-17)14-11-13(7-8-15(14)23-6)12-16(21)20-9-10-22-5/h7-8,11H,9-10,12H2,1-6H3,(H,20,21). The third-order valence-corrected chi connectivity index (χ3v) is 4.79. The summed E-state index contributed by atoms with van der Waals surface area (Å²) in [5.74, 6) is 0.629. The predicted octanol–water partition coefficient (Wildman–Crippen LogP) is 1.30. The molecule has 1 N–H and O–H groups in total. The van der Waals surface area contributed by atoms with Crippen molar-refractivity contribution in [1.29, 1.82) is 0 Å². The smallest absolute Gasteiger partial charge is 0.497 e. The summed E-state index contributed by atoms with van der Waals surface area (Å²) in [6.45, 7) is 9.02. The molecular formula is C18H28BNO5. The number of carbonyl (C=O) groups excluding carboxylic acids is 1. The van der Waals surface area contributed by atoms with Gasteiger partial charge in [0.05, 0.1) is 31.3 Å². The quantitative estimate of drug-likeness (QED) is 0.594. The highest BCUT2D eigenvalue weighted by Gasteiger charge is 2.52. The topological polar surface area (TPSA) is 66.0 Å². The molecule has 0 radical (unpaired) electrons. The van der Waals surface area contributed by atoms with E-state index in [1.165, 1.54) is 0 Å². The van der Waals surface area contributed by atoms with Crippen molar-refractivity contribution < 1.29 is 23.6 Å². The van der Waals surface area contributed by atoms with E-state index in [1.807, 2.05) is 45.9 Å². The van der Waals surface area contributed by atoms with Gasteiger partial charge in [-0.05, 0) is 39.3 Å². The number of amides is 1. The molecule has 1 heterocycles. The van der Waals surface area contributed by atoms with E-state index in [2.05, 4.69) is 5.32 Å². The van der Waals surface area contributed by atoms with E-state index in [0.717, 1.165) is 11.0 Å². The largest absolute Gasteiger partial charge is 0.498 e. The van der Waals surface area contributed by atoms with Crippen LogP contribution in [0.15, 0.2) is 18.2 Å². The molecule has 1 amide bonds. The monoisotopic (exact) mass is 349 g/mol. The lowest BCUT2D eigenvalue weighted by atomic mass is 9.77. The van der Waals surface area contributed by atoms with E-state index in [4.69, 9.17) is 18.8 Å². The molecule has 2 rings (SSSR count). The molecule has 1 aromatic carbocycles. The summed E-state index contributed by atoms with van der Waals surface area (Å²) < 4.78 is 22.6. The van der Waals surface area contributed by atoms with Crippen molar-refractivity contribution in [2.24, 2.45) is 0 Å². The fourth-order valence-corrected chi connectivity index (χ4v) is 2.59. The van der Waals surface area contributed by atoms with Crippen LogP contribution in [0, 0.1) is 0 Å². The molecule has 1 aliphatic rings. The van der Waals surface area contributed by atoms with Crippen molar-refractivity contribution in [2.45, 2.75) is 45.3 Å². The first kappa shape index (κ1) is 19.8. The van der Waals surface area contributed by atoms with Gasteiger partial charge in [0.15, 0.2) is 0 Å². The summed E-state index contributed by atoms with van der Waals surface area (Å²) >= 11 is 0. The normalized spacial score (nSPS) is 18.2. The van der Waals surface area contributed by atoms with Crippen LogP contribution in [0.5, 0.6) is 5.75 Å². The first-order valence-electron chi connectivity index (χ1n) is 8.48. The van der Waals surface area contributed by atoms with Gasteiger partial charge in [-0.3, -0.25) is 4.79 Å². The maximum absolute atomic E-state index is 12.0. The van der Waals surface area contributed by atoms with Gasteiger partial charge < -0.3 is 24.1 Å². The van der Waals surface area contributed by atoms with Crippen molar-refractivity contribution in [3.05, 3.63) is 23.8 Å². The van der Waals surface area contributed by atoms with Crippen molar-refractivity contribution in [2.75, 3.05) is 27.4 Å². The number of nitrogens with one attached hydrogen (secondary N) is 1. The molecule has 0 spiro atoms. The molecule has 25 heavy (non-hydrogen) atoms. The van der Waals surface area contributed by atoms with Crippen LogP contribution in [0.3, 0.4) is 0 Å². The molecule has 6 nitrogen and oxygen atoms in total. The van der Waals surface area contributed by atoms with Crippen molar-refractivity contribution in [3.63, 3.8) is 0 Å². The van der Waals surface area contributed by atoms with Crippen LogP contribution in [0.1, 0.15) is 33.3 Å². The molecule has 1 saturated heterocycles. The predicted molar refractivity (Wildman–Crippen MR) is 97.3 cm³/mol. The highest BCUT2D eigenvalue weighted by atomic mass is 16.7. The fraction of sp³-hybridized carbons (Fsp3) is 0.611. The summed E-state index contributed by atoms with van der Waals surface area (Å²) in [7, 11) is 2.68. The fourth-order valence-electron chi connectivity index (χ4n) is 2.59. The van der Waals surface area contributed by atoms with E-state index in [0.29, 0.717) is 18.9 Å². The third kappa shape index (κ3) is 4.54. The van der Waals surface area contributed by atoms with Crippen molar-refractivity contribution in [1.82, 2.24) is 5.32 Å². The van der Waals surface area contributed by atoms with E-state index in [1.54, 1.807) is 14.2 Å². The second kappa shape index (κ2) is 7.76. The first-order valence-corrected chi connectivity index (χ1v) is 8.48. The zero-order chi connectivity index (χ0) is 18.7. The van der Waals surface area contributed by atoms with Crippen LogP contribution in [0.25, 0.3) is 0 Å². The SMILES string of the molecule is COCCNC(=O)Cc1ccc(OC)c(B2OC(C)(C)C(C)(C)O2)c1. The van der Waals surface area contributed by atoms with Gasteiger partial charge in [0, 0.05) is 19.1 Å². The van der Waals surface area contributed by atoms with Crippen LogP contribution in [0.2, 0.25) is 0 Å². The Morgan fingerprint density at radius 2 is 1.80 bits per heavy atom. The van der Waals surface area contributed by atoms with Crippen LogP contribution in [-0.4, -0.2) is 51.6 Å². The Morgan fingerprint density at radius 3 is 2.36 bits per heavy atom. The second-order valence-corrected chi connectivity index (χ2v) is 7.18. The maximum atomic E-state index is 12.0. The van der Waals surface area contributed by atoms with Crippen LogP contribution in [-0.2, 0) is 25.3 Å². The minimum absolute atomic E-state index is 0.0536. The van der Waals surface area contributed by atoms with E-state index in [-0.39, 0.29) is 12.3 Å². The number of methoxy groups -OCH3 is 2. The highest BCUT2D eigenvalue weighted by Crippen LogP contribution is 2.37. The Labute approximate surface area is 150 Å². The summed E-state index contributed by atoms with van der Waals surface area (Å²) in [6, 6.07) is 5.64. The molecule has 0 saturated carbocycles. The number of carbonyl (C=O) groups is 1. The van der Waals surface area contributed by atoms with E-state index in [9.17, 15) is 4.79 Å². The minimum Gasteiger partial charge on any atom is -0.497 e. The van der Waals surface area contributed by atoms with E-state index >= 15 is 0 Å². The molecule has 1 aliphatic heterocycles. The molecule has 1 aromatic rings. The van der Waals surface area contributed by atoms with Gasteiger partial charge in [-0.15, -0.1) is 0 Å². The molecule has 7 heteroatoms. The molecule has 138 valence electrons. The molecule has 1 fully saturated rings. The second-order valence-electron chi connectivity index (χ2n) is 7.18. The average Bonchev–Trinajstić information content (AvgIpc) is 2.75. The van der Waals surface area contributed by atoms with E-state index < -0.39 is 18.3 Å². The summed E-state index contributed by atoms with van der Waals surface area (Å²) in [6.07, 6.45) is 0.278. The van der Waals surface area contributed by atoms with Gasteiger partial charge in [0.1, 0.15) is 5.75 Å². The molecule has 0 unspecified atom stereocenters. The van der Waals surface area contributed by atoms with Gasteiger partial charge in [-0.2, -0.15) is 0 Å². The zero-order valence-electron chi connectivity index (χ0n) is 16.0. The summed E-state index contributed by atoms with van der Waals surface area (Å²) in [4.78, 5) is 12.0. The summed E-state index contributed by atoms with van der Waals surface area (Å²) in [5.41, 5.74) is 0.802. The Balaban J connectivity index is 2.17. The lowest BCUT2D eigenvalue weighted by molar-refractivity contribution is -0.120. The van der Waals surface area contributed by atoms with Crippen molar-refractivity contribution in [3.8, 4) is 5.75 Å². The Hall–Kier alpha value is -1.57. The Kier molecular flexibility index (Phi) is 6.14. The minimum atomic E-state index is -0.531. The van der Waals surface area contributed by atoms with Crippen molar-refractivity contribution >= 4 is 18.5 Å². The van der Waals surface area contributed by atoms with Gasteiger partial charge in [0.25, 0.3) is 0 Å². The number of rotatable bonds is 7. The van der Waals surface area contributed by atoms with Crippen LogP contribution < -0.4 is 15.5 Å². The third-order valence-electron chi connectivity index (χ3n) is 4.79. The highest BCUT2D eigenvalue weighted by molar-refractivity contribution is 6.63. The lowest BCUT2D eigenvalue weighted by Gasteiger charge is -2.32. The number of hydrogen-bond donors (Lipinski definition) is 1. The Bertz CT molecular complexity index is 601. The zero-order valence-corrected chi connectivity index (χ0v) is 16.0. The molecule has 0 aromatic heterocycles. The van der Waals surface area contributed by atoms with Gasteiger partial charge in [-0.25, -0.2) is 0 Å². The average molecular weight is 349 g/mol. The lowest BCUT2D eigenvalue weighted by Crippen LogP contribution is -2.41. The van der Waals surface area contributed by atoms with Gasteiger partial charge >= 0.3 is 7.12 Å². The number of ether oxygens (including phenoxy) is 2. The summed E-state index contributed by atoms with van der Waals surface area (Å²) in [5, 5.41) is 2.82. The number of hydrogen-bond acceptors (Lipinski definition) is 5. The molecule has 0 bridgehead atoms. The van der Waals surface area contributed by atoms with Crippen LogP contribution in [0.4, 0.5) is 0 Å².